The van der Waals surface area contributed by atoms with Crippen LogP contribution in [-0.2, 0) is 0 Å². The molecule has 0 radical (unpaired) electrons. The molecule has 0 saturated heterocycles. The lowest BCUT2D eigenvalue weighted by Gasteiger charge is -2.33. The zero-order valence-electron chi connectivity index (χ0n) is 23.9. The smallest absolute Gasteiger partial charge is 0.155 e. The van der Waals surface area contributed by atoms with Gasteiger partial charge in [0.25, 0.3) is 0 Å². The Hall–Kier alpha value is -5.39. The quantitative estimate of drug-likeness (QED) is 0.193. The van der Waals surface area contributed by atoms with Gasteiger partial charge in [-0.25, -0.2) is 4.99 Å². The standard InChI is InChI=1S/C39H25N3OS/c1-41-36-28-14-6-9-17-35(28)44-37(36)39(40-38(41)25-18-19-34-30(21-25)27-13-5-8-16-33(27)43-34)42-31-15-7-4-12-26(31)29-20-23-10-2-3-11-24(23)22-32(29)42/h2-22,38H,1H3. The highest BCUT2D eigenvalue weighted by Gasteiger charge is 2.33. The van der Waals surface area contributed by atoms with Crippen molar-refractivity contribution in [3.63, 3.8) is 0 Å². The Morgan fingerprint density at radius 3 is 2.20 bits per heavy atom. The van der Waals surface area contributed by atoms with Crippen molar-refractivity contribution in [3.05, 3.63) is 138 Å². The topological polar surface area (TPSA) is 33.7 Å². The highest BCUT2D eigenvalue weighted by molar-refractivity contribution is 7.21. The summed E-state index contributed by atoms with van der Waals surface area (Å²) in [4.78, 5) is 9.19. The predicted molar refractivity (Wildman–Crippen MR) is 186 cm³/mol. The van der Waals surface area contributed by atoms with Gasteiger partial charge in [0.1, 0.15) is 17.3 Å². The number of hydrogen-bond donors (Lipinski definition) is 0. The minimum absolute atomic E-state index is 0.217. The molecular weight excluding hydrogens is 559 g/mol. The molecule has 6 aromatic carbocycles. The van der Waals surface area contributed by atoms with Gasteiger partial charge in [0, 0.05) is 38.7 Å². The maximum Gasteiger partial charge on any atom is 0.155 e. The van der Waals surface area contributed by atoms with E-state index in [1.54, 1.807) is 0 Å². The number of fused-ring (bicyclic) bond motifs is 10. The summed E-state index contributed by atoms with van der Waals surface area (Å²) in [7, 11) is 2.18. The van der Waals surface area contributed by atoms with Gasteiger partial charge in [-0.15, -0.1) is 11.3 Å². The van der Waals surface area contributed by atoms with Crippen molar-refractivity contribution in [2.45, 2.75) is 6.17 Å². The predicted octanol–water partition coefficient (Wildman–Crippen LogP) is 10.5. The highest BCUT2D eigenvalue weighted by Crippen LogP contribution is 2.47. The third-order valence-electron chi connectivity index (χ3n) is 9.19. The Morgan fingerprint density at radius 2 is 1.32 bits per heavy atom. The molecule has 0 spiro atoms. The zero-order chi connectivity index (χ0) is 28.9. The first-order chi connectivity index (χ1) is 21.7. The average Bonchev–Trinajstić information content (AvgIpc) is 3.74. The van der Waals surface area contributed by atoms with Gasteiger partial charge in [0.2, 0.25) is 0 Å². The molecule has 1 atom stereocenters. The number of thiophene rings is 1. The monoisotopic (exact) mass is 583 g/mol. The number of aliphatic imine (C=N–C) groups is 1. The molecule has 0 aliphatic carbocycles. The molecule has 4 nitrogen and oxygen atoms in total. The molecule has 0 fully saturated rings. The molecule has 0 saturated carbocycles. The van der Waals surface area contributed by atoms with Crippen LogP contribution < -0.4 is 4.90 Å². The summed E-state index contributed by atoms with van der Waals surface area (Å²) >= 11 is 1.83. The van der Waals surface area contributed by atoms with Gasteiger partial charge >= 0.3 is 0 Å². The maximum absolute atomic E-state index is 6.18. The van der Waals surface area contributed by atoms with Crippen LogP contribution in [0.5, 0.6) is 0 Å². The van der Waals surface area contributed by atoms with Gasteiger partial charge in [-0.3, -0.25) is 4.57 Å². The largest absolute Gasteiger partial charge is 0.456 e. The second kappa shape index (κ2) is 8.82. The van der Waals surface area contributed by atoms with E-state index >= 15 is 0 Å². The van der Waals surface area contributed by atoms with Crippen molar-refractivity contribution in [1.82, 2.24) is 4.57 Å². The fourth-order valence-corrected chi connectivity index (χ4v) is 8.39. The van der Waals surface area contributed by atoms with Gasteiger partial charge in [-0.05, 0) is 58.8 Å². The summed E-state index contributed by atoms with van der Waals surface area (Å²) in [5, 5.41) is 8.45. The van der Waals surface area contributed by atoms with Crippen LogP contribution in [0.1, 0.15) is 16.6 Å². The second-order valence-electron chi connectivity index (χ2n) is 11.6. The summed E-state index contributed by atoms with van der Waals surface area (Å²) in [6.07, 6.45) is -0.217. The minimum atomic E-state index is -0.217. The normalized spacial score (nSPS) is 15.2. The van der Waals surface area contributed by atoms with Crippen molar-refractivity contribution in [2.75, 3.05) is 11.9 Å². The summed E-state index contributed by atoms with van der Waals surface area (Å²) in [6.45, 7) is 0. The first-order valence-electron chi connectivity index (χ1n) is 14.9. The average molecular weight is 584 g/mol. The van der Waals surface area contributed by atoms with Crippen molar-refractivity contribution >= 4 is 87.5 Å². The van der Waals surface area contributed by atoms with E-state index in [1.807, 2.05) is 23.5 Å². The SMILES string of the molecule is CN1c2c(sc3ccccc23)C(n2c3ccccc3c3cc4ccccc4cc32)=NC1c1ccc2oc3ccccc3c2c1. The second-order valence-corrected chi connectivity index (χ2v) is 12.7. The Morgan fingerprint density at radius 1 is 0.614 bits per heavy atom. The van der Waals surface area contributed by atoms with E-state index in [0.717, 1.165) is 33.3 Å². The third kappa shape index (κ3) is 3.24. The minimum Gasteiger partial charge on any atom is -0.456 e. The Balaban J connectivity index is 1.30. The summed E-state index contributed by atoms with van der Waals surface area (Å²) in [6, 6.07) is 45.6. The number of furan rings is 1. The summed E-state index contributed by atoms with van der Waals surface area (Å²) in [5.74, 6) is 0.989. The van der Waals surface area contributed by atoms with Crippen LogP contribution in [0, 0.1) is 0 Å². The van der Waals surface area contributed by atoms with Crippen LogP contribution >= 0.6 is 11.3 Å². The van der Waals surface area contributed by atoms with E-state index < -0.39 is 0 Å². The molecule has 5 heteroatoms. The van der Waals surface area contributed by atoms with Gasteiger partial charge in [0.15, 0.2) is 5.84 Å². The molecule has 1 aliphatic heterocycles. The molecule has 9 aromatic rings. The van der Waals surface area contributed by atoms with Crippen LogP contribution in [0.2, 0.25) is 0 Å². The van der Waals surface area contributed by atoms with Crippen LogP contribution in [-0.4, -0.2) is 17.5 Å². The number of nitrogens with zero attached hydrogens (tertiary/aromatic N) is 3. The van der Waals surface area contributed by atoms with E-state index in [2.05, 4.69) is 132 Å². The zero-order valence-corrected chi connectivity index (χ0v) is 24.7. The van der Waals surface area contributed by atoms with Gasteiger partial charge in [-0.1, -0.05) is 84.9 Å². The Labute approximate surface area is 256 Å². The van der Waals surface area contributed by atoms with Gasteiger partial charge in [-0.2, -0.15) is 0 Å². The molecule has 0 bridgehead atoms. The van der Waals surface area contributed by atoms with Crippen molar-refractivity contribution in [1.29, 1.82) is 0 Å². The number of benzene rings is 6. The van der Waals surface area contributed by atoms with Crippen molar-refractivity contribution < 1.29 is 4.42 Å². The van der Waals surface area contributed by atoms with Crippen molar-refractivity contribution in [2.24, 2.45) is 4.99 Å². The van der Waals surface area contributed by atoms with Gasteiger partial charge in [0.05, 0.1) is 21.6 Å². The fourth-order valence-electron chi connectivity index (χ4n) is 7.16. The van der Waals surface area contributed by atoms with Crippen molar-refractivity contribution in [3.8, 4) is 0 Å². The molecule has 44 heavy (non-hydrogen) atoms. The summed E-state index contributed by atoms with van der Waals surface area (Å²) in [5.41, 5.74) is 6.50. The molecule has 4 heterocycles. The lowest BCUT2D eigenvalue weighted by Crippen LogP contribution is -2.31. The third-order valence-corrected chi connectivity index (χ3v) is 10.3. The maximum atomic E-state index is 6.18. The van der Waals surface area contributed by atoms with Crippen LogP contribution in [0.3, 0.4) is 0 Å². The lowest BCUT2D eigenvalue weighted by atomic mass is 10.0. The van der Waals surface area contributed by atoms with E-state index in [4.69, 9.17) is 9.41 Å². The molecule has 1 unspecified atom stereocenters. The van der Waals surface area contributed by atoms with Crippen LogP contribution in [0.15, 0.2) is 137 Å². The first-order valence-corrected chi connectivity index (χ1v) is 15.7. The number of para-hydroxylation sites is 2. The highest BCUT2D eigenvalue weighted by atomic mass is 32.1. The first kappa shape index (κ1) is 24.1. The molecule has 0 amide bonds. The number of rotatable bonds is 1. The Bertz CT molecular complexity index is 2650. The van der Waals surface area contributed by atoms with Crippen LogP contribution in [0.4, 0.5) is 5.69 Å². The number of anilines is 1. The molecule has 1 aliphatic rings. The molecule has 0 N–H and O–H groups in total. The number of hydrogen-bond acceptors (Lipinski definition) is 4. The van der Waals surface area contributed by atoms with Crippen LogP contribution in [0.25, 0.3) is 64.6 Å². The van der Waals surface area contributed by atoms with E-state index in [9.17, 15) is 0 Å². The lowest BCUT2D eigenvalue weighted by molar-refractivity contribution is 0.667. The van der Waals surface area contributed by atoms with Gasteiger partial charge < -0.3 is 9.32 Å². The molecule has 10 rings (SSSR count). The molecular formula is C39H25N3OS. The number of aromatic nitrogens is 1. The molecule has 3 aromatic heterocycles. The van der Waals surface area contributed by atoms with E-state index in [0.29, 0.717) is 0 Å². The van der Waals surface area contributed by atoms with E-state index in [1.165, 1.54) is 53.2 Å². The Kier molecular flexibility index (Phi) is 4.83. The summed E-state index contributed by atoms with van der Waals surface area (Å²) < 4.78 is 9.85. The molecule has 208 valence electrons. The van der Waals surface area contributed by atoms with E-state index in [-0.39, 0.29) is 6.17 Å². The fraction of sp³-hybridized carbons (Fsp3) is 0.0513.